The standard InChI is InChI=1S/C11H20N4OS2/c1-8(7-15-3-5-16-6-4-15)13-11-9(17-2)10(12)14-18-11/h8,13H,3-7H2,1-2H3,(H2,12,14). The van der Waals surface area contributed by atoms with Gasteiger partial charge >= 0.3 is 0 Å². The number of aromatic nitrogens is 1. The molecule has 1 aliphatic heterocycles. The maximum absolute atomic E-state index is 5.82. The van der Waals surface area contributed by atoms with Gasteiger partial charge in [0.05, 0.1) is 18.1 Å². The molecule has 5 nitrogen and oxygen atoms in total. The Bertz CT molecular complexity index is 379. The molecule has 102 valence electrons. The Morgan fingerprint density at radius 3 is 2.94 bits per heavy atom. The number of hydrogen-bond donors (Lipinski definition) is 2. The van der Waals surface area contributed by atoms with E-state index in [1.54, 1.807) is 11.8 Å². The van der Waals surface area contributed by atoms with E-state index in [1.807, 2.05) is 6.26 Å². The summed E-state index contributed by atoms with van der Waals surface area (Å²) in [5.74, 6) is 0.633. The normalized spacial score (nSPS) is 18.8. The Hall–Kier alpha value is -0.500. The van der Waals surface area contributed by atoms with Crippen molar-refractivity contribution in [3.05, 3.63) is 0 Å². The van der Waals surface area contributed by atoms with Crippen LogP contribution in [0, 0.1) is 0 Å². The molecular weight excluding hydrogens is 268 g/mol. The van der Waals surface area contributed by atoms with Crippen molar-refractivity contribution in [1.29, 1.82) is 0 Å². The summed E-state index contributed by atoms with van der Waals surface area (Å²) >= 11 is 3.08. The smallest absolute Gasteiger partial charge is 0.153 e. The van der Waals surface area contributed by atoms with Gasteiger partial charge in [0, 0.05) is 25.7 Å². The molecule has 2 rings (SSSR count). The monoisotopic (exact) mass is 288 g/mol. The van der Waals surface area contributed by atoms with E-state index in [0.29, 0.717) is 11.9 Å². The fraction of sp³-hybridized carbons (Fsp3) is 0.727. The zero-order chi connectivity index (χ0) is 13.0. The molecule has 0 spiro atoms. The predicted molar refractivity (Wildman–Crippen MR) is 78.7 cm³/mol. The van der Waals surface area contributed by atoms with Crippen LogP contribution in [0.4, 0.5) is 10.8 Å². The van der Waals surface area contributed by atoms with Gasteiger partial charge in [-0.05, 0) is 24.7 Å². The van der Waals surface area contributed by atoms with Gasteiger partial charge in [0.25, 0.3) is 0 Å². The molecule has 2 heterocycles. The van der Waals surface area contributed by atoms with Gasteiger partial charge in [0.2, 0.25) is 0 Å². The second kappa shape index (κ2) is 6.60. The van der Waals surface area contributed by atoms with Crippen LogP contribution >= 0.6 is 23.3 Å². The van der Waals surface area contributed by atoms with Gasteiger partial charge in [0.15, 0.2) is 5.82 Å². The lowest BCUT2D eigenvalue weighted by molar-refractivity contribution is 0.0368. The number of nitrogens with one attached hydrogen (secondary N) is 1. The van der Waals surface area contributed by atoms with Crippen molar-refractivity contribution in [2.45, 2.75) is 17.9 Å². The van der Waals surface area contributed by atoms with E-state index in [2.05, 4.69) is 21.5 Å². The van der Waals surface area contributed by atoms with Crippen LogP contribution in [-0.2, 0) is 4.74 Å². The Labute approximate surface area is 116 Å². The lowest BCUT2D eigenvalue weighted by Crippen LogP contribution is -2.42. The SMILES string of the molecule is CSc1c(N)nsc1NC(C)CN1CCOCC1. The molecule has 0 aliphatic carbocycles. The molecule has 1 unspecified atom stereocenters. The van der Waals surface area contributed by atoms with Crippen molar-refractivity contribution in [3.8, 4) is 0 Å². The molecule has 1 aromatic heterocycles. The van der Waals surface area contributed by atoms with E-state index in [4.69, 9.17) is 10.5 Å². The van der Waals surface area contributed by atoms with E-state index in [1.165, 1.54) is 11.5 Å². The van der Waals surface area contributed by atoms with E-state index in [-0.39, 0.29) is 0 Å². The summed E-state index contributed by atoms with van der Waals surface area (Å²) in [7, 11) is 0. The van der Waals surface area contributed by atoms with Crippen LogP contribution in [0.25, 0.3) is 0 Å². The van der Waals surface area contributed by atoms with Crippen LogP contribution in [0.2, 0.25) is 0 Å². The minimum absolute atomic E-state index is 0.383. The first kappa shape index (κ1) is 13.9. The van der Waals surface area contributed by atoms with E-state index in [9.17, 15) is 0 Å². The van der Waals surface area contributed by atoms with Crippen molar-refractivity contribution in [2.75, 3.05) is 50.2 Å². The van der Waals surface area contributed by atoms with Crippen LogP contribution in [-0.4, -0.2) is 54.4 Å². The largest absolute Gasteiger partial charge is 0.382 e. The number of nitrogens with zero attached hydrogens (tertiary/aromatic N) is 2. The highest BCUT2D eigenvalue weighted by Crippen LogP contribution is 2.34. The fourth-order valence-corrected chi connectivity index (χ4v) is 3.66. The molecule has 1 saturated heterocycles. The van der Waals surface area contributed by atoms with Gasteiger partial charge in [-0.3, -0.25) is 4.90 Å². The predicted octanol–water partition coefficient (Wildman–Crippen LogP) is 1.58. The molecule has 18 heavy (non-hydrogen) atoms. The number of nitrogen functional groups attached to an aromatic ring is 1. The summed E-state index contributed by atoms with van der Waals surface area (Å²) in [5, 5.41) is 4.59. The van der Waals surface area contributed by atoms with Crippen LogP contribution in [0.3, 0.4) is 0 Å². The summed E-state index contributed by atoms with van der Waals surface area (Å²) in [6.45, 7) is 6.94. The number of thioether (sulfide) groups is 1. The third kappa shape index (κ3) is 3.50. The molecule has 1 atom stereocenters. The molecular formula is C11H20N4OS2. The Morgan fingerprint density at radius 2 is 2.28 bits per heavy atom. The quantitative estimate of drug-likeness (QED) is 0.802. The van der Waals surface area contributed by atoms with Crippen LogP contribution < -0.4 is 11.1 Å². The average molecular weight is 288 g/mol. The lowest BCUT2D eigenvalue weighted by Gasteiger charge is -2.29. The molecule has 0 radical (unpaired) electrons. The first-order chi connectivity index (χ1) is 8.70. The summed E-state index contributed by atoms with van der Waals surface area (Å²) in [6.07, 6.45) is 2.03. The Morgan fingerprint density at radius 1 is 1.56 bits per heavy atom. The molecule has 0 aromatic carbocycles. The molecule has 3 N–H and O–H groups in total. The summed E-state index contributed by atoms with van der Waals surface area (Å²) in [6, 6.07) is 0.383. The first-order valence-corrected chi connectivity index (χ1v) is 8.06. The molecule has 1 fully saturated rings. The van der Waals surface area contributed by atoms with Gasteiger partial charge in [0.1, 0.15) is 5.00 Å². The topological polar surface area (TPSA) is 63.4 Å². The Kier molecular flexibility index (Phi) is 5.11. The number of ether oxygens (including phenoxy) is 1. The number of hydrogen-bond acceptors (Lipinski definition) is 7. The highest BCUT2D eigenvalue weighted by molar-refractivity contribution is 7.99. The zero-order valence-electron chi connectivity index (χ0n) is 10.8. The molecule has 1 aromatic rings. The van der Waals surface area contributed by atoms with Crippen LogP contribution in [0.5, 0.6) is 0 Å². The summed E-state index contributed by atoms with van der Waals surface area (Å²) < 4.78 is 9.54. The van der Waals surface area contributed by atoms with Gasteiger partial charge in [-0.15, -0.1) is 11.8 Å². The van der Waals surface area contributed by atoms with Crippen molar-refractivity contribution in [2.24, 2.45) is 0 Å². The lowest BCUT2D eigenvalue weighted by atomic mass is 10.3. The van der Waals surface area contributed by atoms with E-state index < -0.39 is 0 Å². The second-order valence-corrected chi connectivity index (χ2v) is 5.98. The maximum Gasteiger partial charge on any atom is 0.153 e. The number of anilines is 2. The number of rotatable bonds is 5. The van der Waals surface area contributed by atoms with Gasteiger partial charge in [-0.1, -0.05) is 0 Å². The Balaban J connectivity index is 1.87. The van der Waals surface area contributed by atoms with E-state index in [0.717, 1.165) is 42.7 Å². The van der Waals surface area contributed by atoms with E-state index >= 15 is 0 Å². The average Bonchev–Trinajstić information content (AvgIpc) is 2.71. The summed E-state index contributed by atoms with van der Waals surface area (Å²) in [5.41, 5.74) is 5.82. The van der Waals surface area contributed by atoms with Crippen molar-refractivity contribution < 1.29 is 4.74 Å². The van der Waals surface area contributed by atoms with Crippen molar-refractivity contribution in [3.63, 3.8) is 0 Å². The van der Waals surface area contributed by atoms with Crippen molar-refractivity contribution in [1.82, 2.24) is 9.27 Å². The molecule has 0 amide bonds. The third-order valence-electron chi connectivity index (χ3n) is 2.89. The molecule has 0 bridgehead atoms. The first-order valence-electron chi connectivity index (χ1n) is 6.06. The molecule has 0 saturated carbocycles. The van der Waals surface area contributed by atoms with Gasteiger partial charge in [-0.2, -0.15) is 4.37 Å². The maximum atomic E-state index is 5.82. The van der Waals surface area contributed by atoms with Crippen LogP contribution in [0.1, 0.15) is 6.92 Å². The minimum atomic E-state index is 0.383. The minimum Gasteiger partial charge on any atom is -0.382 e. The van der Waals surface area contributed by atoms with Crippen LogP contribution in [0.15, 0.2) is 4.90 Å². The highest BCUT2D eigenvalue weighted by atomic mass is 32.2. The highest BCUT2D eigenvalue weighted by Gasteiger charge is 2.16. The fourth-order valence-electron chi connectivity index (χ4n) is 2.02. The zero-order valence-corrected chi connectivity index (χ0v) is 12.4. The van der Waals surface area contributed by atoms with Gasteiger partial charge < -0.3 is 15.8 Å². The number of nitrogens with two attached hydrogens (primary N) is 1. The third-order valence-corrected chi connectivity index (χ3v) is 4.63. The molecule has 7 heteroatoms. The summed E-state index contributed by atoms with van der Waals surface area (Å²) in [4.78, 5) is 3.48. The molecule has 1 aliphatic rings. The number of morpholine rings is 1. The van der Waals surface area contributed by atoms with Gasteiger partial charge in [-0.25, -0.2) is 0 Å². The second-order valence-electron chi connectivity index (χ2n) is 4.39. The van der Waals surface area contributed by atoms with Crippen molar-refractivity contribution >= 4 is 34.1 Å².